The average molecular weight is 372 g/mol. The molecule has 136 valence electrons. The number of carbonyl (C=O) groups is 3. The molecule has 6 nitrogen and oxygen atoms in total. The number of hydrogen-bond donors (Lipinski definition) is 0. The minimum Gasteiger partial charge on any atom is -0.456 e. The number of amides is 1. The van der Waals surface area contributed by atoms with Crippen LogP contribution in [0, 0.1) is 13.8 Å². The molecule has 0 N–H and O–H groups in total. The van der Waals surface area contributed by atoms with E-state index in [4.69, 9.17) is 4.74 Å². The van der Waals surface area contributed by atoms with Crippen LogP contribution in [-0.2, 0) is 14.3 Å². The Bertz CT molecular complexity index is 845. The summed E-state index contributed by atoms with van der Waals surface area (Å²) < 4.78 is 7.07. The molecule has 0 saturated carbocycles. The summed E-state index contributed by atoms with van der Waals surface area (Å²) in [5.74, 6) is -0.0239. The number of para-hydroxylation sites is 1. The molecule has 1 fully saturated rings. The zero-order chi connectivity index (χ0) is 18.7. The molecule has 26 heavy (non-hydrogen) atoms. The van der Waals surface area contributed by atoms with Crippen molar-refractivity contribution >= 4 is 29.4 Å². The van der Waals surface area contributed by atoms with Gasteiger partial charge in [0.25, 0.3) is 0 Å². The largest absolute Gasteiger partial charge is 0.456 e. The molecule has 1 amide bonds. The predicted molar refractivity (Wildman–Crippen MR) is 99.6 cm³/mol. The maximum absolute atomic E-state index is 12.5. The second-order valence-corrected chi connectivity index (χ2v) is 7.06. The monoisotopic (exact) mass is 372 g/mol. The molecule has 3 rings (SSSR count). The van der Waals surface area contributed by atoms with Gasteiger partial charge in [0.15, 0.2) is 6.61 Å². The summed E-state index contributed by atoms with van der Waals surface area (Å²) in [6, 6.07) is 11.6. The van der Waals surface area contributed by atoms with E-state index in [2.05, 4.69) is 0 Å². The van der Waals surface area contributed by atoms with Gasteiger partial charge in [-0.2, -0.15) is 0 Å². The highest BCUT2D eigenvalue weighted by Gasteiger charge is 2.24. The molecule has 0 aliphatic carbocycles. The number of esters is 1. The molecule has 1 aromatic carbocycles. The van der Waals surface area contributed by atoms with Crippen molar-refractivity contribution in [3.63, 3.8) is 0 Å². The zero-order valence-electron chi connectivity index (χ0n) is 14.7. The summed E-state index contributed by atoms with van der Waals surface area (Å²) in [4.78, 5) is 37.3. The number of aryl methyl sites for hydroxylation is 1. The Balaban J connectivity index is 1.65. The van der Waals surface area contributed by atoms with Crippen molar-refractivity contribution in [1.82, 2.24) is 9.47 Å². The van der Waals surface area contributed by atoms with Gasteiger partial charge in [-0.25, -0.2) is 0 Å². The number of carbonyl (C=O) groups excluding carboxylic acids is 3. The van der Waals surface area contributed by atoms with Gasteiger partial charge < -0.3 is 14.2 Å². The van der Waals surface area contributed by atoms with Crippen molar-refractivity contribution in [2.75, 3.05) is 24.8 Å². The minimum atomic E-state index is -0.564. The molecule has 1 aromatic heterocycles. The number of Topliss-reactive ketones (excluding diaryl/α,β-unsaturated/α-hetero) is 1. The van der Waals surface area contributed by atoms with E-state index < -0.39 is 5.97 Å². The maximum atomic E-state index is 12.5. The Morgan fingerprint density at radius 3 is 2.58 bits per heavy atom. The van der Waals surface area contributed by atoms with Gasteiger partial charge in [0.05, 0.1) is 11.6 Å². The average Bonchev–Trinajstić information content (AvgIpc) is 3.16. The topological polar surface area (TPSA) is 68.6 Å². The lowest BCUT2D eigenvalue weighted by Crippen LogP contribution is -2.33. The third-order valence-corrected chi connectivity index (χ3v) is 5.20. The molecule has 7 heteroatoms. The van der Waals surface area contributed by atoms with Crippen molar-refractivity contribution in [1.29, 1.82) is 0 Å². The van der Waals surface area contributed by atoms with Crippen molar-refractivity contribution in [2.45, 2.75) is 13.8 Å². The van der Waals surface area contributed by atoms with Crippen LogP contribution in [0.3, 0.4) is 0 Å². The molecule has 1 aliphatic heterocycles. The van der Waals surface area contributed by atoms with Gasteiger partial charge in [-0.05, 0) is 32.0 Å². The lowest BCUT2D eigenvalue weighted by atomic mass is 10.1. The van der Waals surface area contributed by atoms with E-state index in [0.717, 1.165) is 17.1 Å². The summed E-state index contributed by atoms with van der Waals surface area (Å²) in [5.41, 5.74) is 3.25. The normalized spacial score (nSPS) is 13.9. The van der Waals surface area contributed by atoms with E-state index in [1.165, 1.54) is 16.7 Å². The first-order valence-electron chi connectivity index (χ1n) is 8.26. The summed E-state index contributed by atoms with van der Waals surface area (Å²) in [6.45, 7) is 3.36. The van der Waals surface area contributed by atoms with Crippen LogP contribution >= 0.6 is 11.8 Å². The highest BCUT2D eigenvalue weighted by atomic mass is 32.2. The van der Waals surface area contributed by atoms with Gasteiger partial charge in [-0.1, -0.05) is 18.2 Å². The first kappa shape index (κ1) is 18.3. The second kappa shape index (κ2) is 7.78. The van der Waals surface area contributed by atoms with E-state index in [-0.39, 0.29) is 24.8 Å². The second-order valence-electron chi connectivity index (χ2n) is 6.11. The van der Waals surface area contributed by atoms with Gasteiger partial charge in [-0.3, -0.25) is 14.4 Å². The Morgan fingerprint density at radius 1 is 1.19 bits per heavy atom. The van der Waals surface area contributed by atoms with Gasteiger partial charge in [0, 0.05) is 22.6 Å². The molecule has 0 spiro atoms. The summed E-state index contributed by atoms with van der Waals surface area (Å²) in [5, 5.41) is 0. The number of aromatic nitrogens is 1. The van der Waals surface area contributed by atoms with Gasteiger partial charge in [-0.15, -0.1) is 11.8 Å². The maximum Gasteiger partial charge on any atom is 0.326 e. The lowest BCUT2D eigenvalue weighted by molar-refractivity contribution is -0.146. The molecular weight excluding hydrogens is 352 g/mol. The van der Waals surface area contributed by atoms with Crippen LogP contribution in [0.15, 0.2) is 36.4 Å². The van der Waals surface area contributed by atoms with Crippen molar-refractivity contribution in [2.24, 2.45) is 0 Å². The van der Waals surface area contributed by atoms with Crippen molar-refractivity contribution in [3.8, 4) is 5.69 Å². The van der Waals surface area contributed by atoms with Gasteiger partial charge >= 0.3 is 5.97 Å². The smallest absolute Gasteiger partial charge is 0.326 e. The summed E-state index contributed by atoms with van der Waals surface area (Å²) in [7, 11) is 0. The van der Waals surface area contributed by atoms with E-state index in [1.54, 1.807) is 6.07 Å². The van der Waals surface area contributed by atoms with Crippen molar-refractivity contribution < 1.29 is 19.1 Å². The molecule has 0 atom stereocenters. The molecule has 0 unspecified atom stereocenters. The Kier molecular flexibility index (Phi) is 5.46. The SMILES string of the molecule is Cc1cc(C(=O)COC(=O)CN2CSCC2=O)c(C)n1-c1ccccc1. The van der Waals surface area contributed by atoms with Crippen LogP contribution in [0.2, 0.25) is 0 Å². The molecule has 0 radical (unpaired) electrons. The number of hydrogen-bond acceptors (Lipinski definition) is 5. The Morgan fingerprint density at radius 2 is 1.92 bits per heavy atom. The van der Waals surface area contributed by atoms with Crippen LogP contribution in [0.25, 0.3) is 5.69 Å². The number of benzene rings is 1. The number of rotatable bonds is 6. The number of thioether (sulfide) groups is 1. The molecule has 2 aromatic rings. The predicted octanol–water partition coefficient (Wildman–Crippen LogP) is 2.35. The Labute approximate surface area is 156 Å². The van der Waals surface area contributed by atoms with E-state index in [9.17, 15) is 14.4 Å². The minimum absolute atomic E-state index is 0.0790. The van der Waals surface area contributed by atoms with Gasteiger partial charge in [0.2, 0.25) is 11.7 Å². The third kappa shape index (κ3) is 3.83. The lowest BCUT2D eigenvalue weighted by Gasteiger charge is -2.13. The number of ether oxygens (including phenoxy) is 1. The number of ketones is 1. The fourth-order valence-electron chi connectivity index (χ4n) is 2.98. The number of nitrogens with zero attached hydrogens (tertiary/aromatic N) is 2. The fraction of sp³-hybridized carbons (Fsp3) is 0.316. The van der Waals surface area contributed by atoms with E-state index >= 15 is 0 Å². The molecule has 0 bridgehead atoms. The van der Waals surface area contributed by atoms with Crippen LogP contribution in [0.5, 0.6) is 0 Å². The fourth-order valence-corrected chi connectivity index (χ4v) is 3.89. The summed E-state index contributed by atoms with van der Waals surface area (Å²) >= 11 is 1.46. The first-order chi connectivity index (χ1) is 12.5. The molecule has 2 heterocycles. The third-order valence-electron chi connectivity index (χ3n) is 4.26. The van der Waals surface area contributed by atoms with Gasteiger partial charge in [0.1, 0.15) is 6.54 Å². The van der Waals surface area contributed by atoms with Crippen LogP contribution in [0.4, 0.5) is 0 Å². The molecular formula is C19H20N2O4S. The Hall–Kier alpha value is -2.54. The van der Waals surface area contributed by atoms with Crippen LogP contribution in [-0.4, -0.2) is 51.9 Å². The van der Waals surface area contributed by atoms with E-state index in [0.29, 0.717) is 17.2 Å². The highest BCUT2D eigenvalue weighted by molar-refractivity contribution is 8.00. The molecule has 1 aliphatic rings. The quantitative estimate of drug-likeness (QED) is 0.575. The highest BCUT2D eigenvalue weighted by Crippen LogP contribution is 2.21. The standard InChI is InChI=1S/C19H20N2O4S/c1-13-8-16(14(2)21(13)15-6-4-3-5-7-15)17(22)10-25-19(24)9-20-12-26-11-18(20)23/h3-8H,9-12H2,1-2H3. The first-order valence-corrected chi connectivity index (χ1v) is 9.41. The molecule has 1 saturated heterocycles. The zero-order valence-corrected chi connectivity index (χ0v) is 15.5. The van der Waals surface area contributed by atoms with Crippen molar-refractivity contribution in [3.05, 3.63) is 53.3 Å². The van der Waals surface area contributed by atoms with Crippen LogP contribution in [0.1, 0.15) is 21.7 Å². The summed E-state index contributed by atoms with van der Waals surface area (Å²) in [6.07, 6.45) is 0. The van der Waals surface area contributed by atoms with E-state index in [1.807, 2.05) is 48.7 Å². The van der Waals surface area contributed by atoms with Crippen LogP contribution < -0.4 is 0 Å².